The molecule has 2 aromatic rings. The minimum absolute atomic E-state index is 0.0612. The lowest BCUT2D eigenvalue weighted by Gasteiger charge is -2.21. The summed E-state index contributed by atoms with van der Waals surface area (Å²) in [6.45, 7) is 1.38. The van der Waals surface area contributed by atoms with Crippen molar-refractivity contribution in [3.05, 3.63) is 36.4 Å². The normalized spacial score (nSPS) is 16.4. The first-order valence-corrected chi connectivity index (χ1v) is 9.24. The summed E-state index contributed by atoms with van der Waals surface area (Å²) >= 11 is 0. The Morgan fingerprint density at radius 3 is 2.84 bits per heavy atom. The van der Waals surface area contributed by atoms with Gasteiger partial charge in [0.25, 0.3) is 15.9 Å². The van der Waals surface area contributed by atoms with Gasteiger partial charge in [-0.1, -0.05) is 0 Å². The molecule has 1 N–H and O–H groups in total. The number of pyridine rings is 1. The van der Waals surface area contributed by atoms with Crippen LogP contribution in [0.3, 0.4) is 0 Å². The number of hydrogen-bond acceptors (Lipinski definition) is 6. The Labute approximate surface area is 145 Å². The third-order valence-electron chi connectivity index (χ3n) is 4.02. The van der Waals surface area contributed by atoms with E-state index in [4.69, 9.17) is 4.74 Å². The fraction of sp³-hybridized carbons (Fsp3) is 0.400. The van der Waals surface area contributed by atoms with Gasteiger partial charge in [0.2, 0.25) is 5.88 Å². The molecule has 1 aliphatic rings. The standard InChI is InChI=1S/C15H19N5O4S/c1-24-13-9-12(3-4-17-13)15(21)19-5-2-6-20(8-7-19)25(22,23)14-10-16-11-18-14/h3-4,9-11H,2,5-8H2,1H3,(H,16,18). The molecule has 0 atom stereocenters. The van der Waals surface area contributed by atoms with Crippen molar-refractivity contribution in [3.8, 4) is 5.88 Å². The molecule has 0 spiro atoms. The fourth-order valence-electron chi connectivity index (χ4n) is 2.70. The van der Waals surface area contributed by atoms with Crippen molar-refractivity contribution in [3.63, 3.8) is 0 Å². The number of rotatable bonds is 4. The van der Waals surface area contributed by atoms with Crippen molar-refractivity contribution in [1.82, 2.24) is 24.2 Å². The van der Waals surface area contributed by atoms with Gasteiger partial charge < -0.3 is 14.6 Å². The van der Waals surface area contributed by atoms with Gasteiger partial charge in [0.1, 0.15) is 0 Å². The van der Waals surface area contributed by atoms with E-state index < -0.39 is 10.0 Å². The minimum Gasteiger partial charge on any atom is -0.481 e. The number of methoxy groups -OCH3 is 1. The van der Waals surface area contributed by atoms with Crippen molar-refractivity contribution >= 4 is 15.9 Å². The lowest BCUT2D eigenvalue weighted by atomic mass is 10.2. The van der Waals surface area contributed by atoms with Gasteiger partial charge in [-0.2, -0.15) is 4.31 Å². The Hall–Kier alpha value is -2.46. The first kappa shape index (κ1) is 17.4. The van der Waals surface area contributed by atoms with E-state index in [1.165, 1.54) is 30.1 Å². The first-order valence-electron chi connectivity index (χ1n) is 7.80. The highest BCUT2D eigenvalue weighted by molar-refractivity contribution is 7.89. The third kappa shape index (κ3) is 3.64. The summed E-state index contributed by atoms with van der Waals surface area (Å²) in [5.41, 5.74) is 0.469. The van der Waals surface area contributed by atoms with Crippen LogP contribution in [0.2, 0.25) is 0 Å². The number of hydrogen-bond donors (Lipinski definition) is 1. The fourth-order valence-corrected chi connectivity index (χ4v) is 4.06. The number of nitrogens with one attached hydrogen (secondary N) is 1. The van der Waals surface area contributed by atoms with Crippen LogP contribution in [-0.4, -0.2) is 71.8 Å². The molecule has 1 amide bonds. The molecule has 0 radical (unpaired) electrons. The Bertz CT molecular complexity index is 837. The molecule has 25 heavy (non-hydrogen) atoms. The molecule has 3 heterocycles. The summed E-state index contributed by atoms with van der Waals surface area (Å²) in [5, 5.41) is 0.0612. The van der Waals surface area contributed by atoms with E-state index in [1.807, 2.05) is 0 Å². The number of nitrogens with zero attached hydrogens (tertiary/aromatic N) is 4. The van der Waals surface area contributed by atoms with E-state index in [0.717, 1.165) is 0 Å². The average Bonchev–Trinajstić information content (AvgIpc) is 3.06. The first-order chi connectivity index (χ1) is 12.0. The van der Waals surface area contributed by atoms with Crippen molar-refractivity contribution in [2.45, 2.75) is 11.4 Å². The van der Waals surface area contributed by atoms with E-state index in [1.54, 1.807) is 17.0 Å². The highest BCUT2D eigenvalue weighted by Gasteiger charge is 2.29. The Morgan fingerprint density at radius 1 is 1.28 bits per heavy atom. The minimum atomic E-state index is -3.62. The maximum Gasteiger partial charge on any atom is 0.260 e. The monoisotopic (exact) mass is 365 g/mol. The van der Waals surface area contributed by atoms with E-state index in [-0.39, 0.29) is 17.5 Å². The van der Waals surface area contributed by atoms with Crippen LogP contribution in [0.25, 0.3) is 0 Å². The van der Waals surface area contributed by atoms with Crippen molar-refractivity contribution < 1.29 is 17.9 Å². The van der Waals surface area contributed by atoms with Crippen LogP contribution >= 0.6 is 0 Å². The van der Waals surface area contributed by atoms with E-state index in [2.05, 4.69) is 15.0 Å². The van der Waals surface area contributed by atoms with Crippen LogP contribution < -0.4 is 4.74 Å². The van der Waals surface area contributed by atoms with Gasteiger partial charge in [0, 0.05) is 44.0 Å². The summed E-state index contributed by atoms with van der Waals surface area (Å²) in [6, 6.07) is 3.20. The number of aromatic nitrogens is 3. The van der Waals surface area contributed by atoms with E-state index >= 15 is 0 Å². The van der Waals surface area contributed by atoms with Crippen LogP contribution in [0.4, 0.5) is 0 Å². The van der Waals surface area contributed by atoms with Crippen LogP contribution in [0, 0.1) is 0 Å². The molecule has 1 saturated heterocycles. The number of carbonyl (C=O) groups is 1. The molecular formula is C15H19N5O4S. The zero-order chi connectivity index (χ0) is 17.9. The van der Waals surface area contributed by atoms with Gasteiger partial charge in [-0.3, -0.25) is 4.79 Å². The largest absolute Gasteiger partial charge is 0.481 e. The van der Waals surface area contributed by atoms with Crippen molar-refractivity contribution in [2.24, 2.45) is 0 Å². The highest BCUT2D eigenvalue weighted by Crippen LogP contribution is 2.17. The summed E-state index contributed by atoms with van der Waals surface area (Å²) in [5.74, 6) is 0.200. The molecule has 0 unspecified atom stereocenters. The molecule has 10 heteroatoms. The number of imidazole rings is 1. The van der Waals surface area contributed by atoms with Crippen LogP contribution in [0.15, 0.2) is 35.9 Å². The summed E-state index contributed by atoms with van der Waals surface area (Å²) in [6.07, 6.45) is 4.68. The quantitative estimate of drug-likeness (QED) is 0.837. The predicted octanol–water partition coefficient (Wildman–Crippen LogP) is 0.350. The molecule has 0 aromatic carbocycles. The van der Waals surface area contributed by atoms with Gasteiger partial charge in [-0.25, -0.2) is 18.4 Å². The number of sulfonamides is 1. The molecule has 2 aromatic heterocycles. The Balaban J connectivity index is 1.72. The second kappa shape index (κ2) is 7.19. The topological polar surface area (TPSA) is 108 Å². The Morgan fingerprint density at radius 2 is 2.12 bits per heavy atom. The molecule has 1 aliphatic heterocycles. The lowest BCUT2D eigenvalue weighted by Crippen LogP contribution is -2.37. The molecule has 3 rings (SSSR count). The van der Waals surface area contributed by atoms with Crippen molar-refractivity contribution in [2.75, 3.05) is 33.3 Å². The van der Waals surface area contributed by atoms with Crippen LogP contribution in [0.5, 0.6) is 5.88 Å². The number of aromatic amines is 1. The second-order valence-electron chi connectivity index (χ2n) is 5.55. The molecular weight excluding hydrogens is 346 g/mol. The number of ether oxygens (including phenoxy) is 1. The van der Waals surface area contributed by atoms with Gasteiger partial charge in [0.05, 0.1) is 19.6 Å². The van der Waals surface area contributed by atoms with Gasteiger partial charge >= 0.3 is 0 Å². The lowest BCUT2D eigenvalue weighted by molar-refractivity contribution is 0.0763. The van der Waals surface area contributed by atoms with E-state index in [0.29, 0.717) is 37.5 Å². The van der Waals surface area contributed by atoms with Crippen LogP contribution in [-0.2, 0) is 10.0 Å². The predicted molar refractivity (Wildman–Crippen MR) is 88.7 cm³/mol. The zero-order valence-corrected chi connectivity index (χ0v) is 14.6. The maximum absolute atomic E-state index is 12.7. The summed E-state index contributed by atoms with van der Waals surface area (Å²) in [4.78, 5) is 24.7. The summed E-state index contributed by atoms with van der Waals surface area (Å²) in [7, 11) is -2.13. The molecule has 9 nitrogen and oxygen atoms in total. The molecule has 0 saturated carbocycles. The molecule has 134 valence electrons. The van der Waals surface area contributed by atoms with E-state index in [9.17, 15) is 13.2 Å². The number of H-pyrrole nitrogens is 1. The van der Waals surface area contributed by atoms with Gasteiger partial charge in [-0.05, 0) is 12.5 Å². The zero-order valence-electron chi connectivity index (χ0n) is 13.8. The number of carbonyl (C=O) groups excluding carboxylic acids is 1. The smallest absolute Gasteiger partial charge is 0.260 e. The Kier molecular flexibility index (Phi) is 5.00. The molecule has 0 aliphatic carbocycles. The third-order valence-corrected chi connectivity index (χ3v) is 5.85. The molecule has 1 fully saturated rings. The maximum atomic E-state index is 12.7. The van der Waals surface area contributed by atoms with Crippen LogP contribution in [0.1, 0.15) is 16.8 Å². The number of amides is 1. The average molecular weight is 365 g/mol. The van der Waals surface area contributed by atoms with Gasteiger partial charge in [0.15, 0.2) is 5.03 Å². The SMILES string of the molecule is COc1cc(C(=O)N2CCCN(S(=O)(=O)c3cnc[nH]3)CC2)ccn1. The second-order valence-corrected chi connectivity index (χ2v) is 7.46. The summed E-state index contributed by atoms with van der Waals surface area (Å²) < 4.78 is 31.5. The van der Waals surface area contributed by atoms with Gasteiger partial charge in [-0.15, -0.1) is 0 Å². The van der Waals surface area contributed by atoms with Crippen molar-refractivity contribution in [1.29, 1.82) is 0 Å². The highest BCUT2D eigenvalue weighted by atomic mass is 32.2. The molecule has 0 bridgehead atoms.